The third-order valence-corrected chi connectivity index (χ3v) is 3.52. The van der Waals surface area contributed by atoms with Crippen molar-refractivity contribution in [3.8, 4) is 0 Å². The van der Waals surface area contributed by atoms with Gasteiger partial charge in [-0.05, 0) is 30.2 Å². The quantitative estimate of drug-likeness (QED) is 0.833. The lowest BCUT2D eigenvalue weighted by molar-refractivity contribution is -0.121. The summed E-state index contributed by atoms with van der Waals surface area (Å²) >= 11 is 0. The number of hydrogen-bond donors (Lipinski definition) is 1. The van der Waals surface area contributed by atoms with Crippen molar-refractivity contribution in [2.24, 2.45) is 5.41 Å². The summed E-state index contributed by atoms with van der Waals surface area (Å²) in [5, 5.41) is 3.14. The standard InChI is InChI=1S/C15H21NO/c1-15(2)9-8-14(17)16-13(11-15)10-12-6-4-3-5-7-12/h3-7,13H,8-11H2,1-2H3,(H,16,17). The number of rotatable bonds is 2. The van der Waals surface area contributed by atoms with Crippen molar-refractivity contribution in [2.75, 3.05) is 0 Å². The second-order valence-electron chi connectivity index (χ2n) is 5.82. The van der Waals surface area contributed by atoms with Gasteiger partial charge in [0.05, 0.1) is 0 Å². The fourth-order valence-electron chi connectivity index (χ4n) is 2.59. The van der Waals surface area contributed by atoms with E-state index in [0.717, 1.165) is 19.3 Å². The Morgan fingerprint density at radius 1 is 1.29 bits per heavy atom. The minimum Gasteiger partial charge on any atom is -0.353 e. The highest BCUT2D eigenvalue weighted by atomic mass is 16.1. The predicted molar refractivity (Wildman–Crippen MR) is 69.7 cm³/mol. The lowest BCUT2D eigenvalue weighted by Crippen LogP contribution is -2.35. The molecule has 1 fully saturated rings. The first kappa shape index (κ1) is 12.2. The fraction of sp³-hybridized carbons (Fsp3) is 0.533. The second kappa shape index (κ2) is 4.91. The zero-order valence-corrected chi connectivity index (χ0v) is 10.7. The number of nitrogens with one attached hydrogen (secondary N) is 1. The SMILES string of the molecule is CC1(C)CCC(=O)NC(Cc2ccccc2)C1. The van der Waals surface area contributed by atoms with E-state index in [-0.39, 0.29) is 17.4 Å². The average Bonchev–Trinajstić information content (AvgIpc) is 2.39. The molecule has 0 spiro atoms. The van der Waals surface area contributed by atoms with Gasteiger partial charge in [0.2, 0.25) is 5.91 Å². The van der Waals surface area contributed by atoms with Gasteiger partial charge in [-0.3, -0.25) is 4.79 Å². The minimum atomic E-state index is 0.205. The van der Waals surface area contributed by atoms with Crippen LogP contribution in [0, 0.1) is 5.41 Å². The fourth-order valence-corrected chi connectivity index (χ4v) is 2.59. The smallest absolute Gasteiger partial charge is 0.220 e. The first-order valence-corrected chi connectivity index (χ1v) is 6.38. The van der Waals surface area contributed by atoms with Crippen molar-refractivity contribution in [3.05, 3.63) is 35.9 Å². The molecule has 1 atom stereocenters. The summed E-state index contributed by atoms with van der Waals surface area (Å²) in [4.78, 5) is 11.7. The van der Waals surface area contributed by atoms with Crippen LogP contribution in [0.25, 0.3) is 0 Å². The number of hydrogen-bond acceptors (Lipinski definition) is 1. The largest absolute Gasteiger partial charge is 0.353 e. The van der Waals surface area contributed by atoms with Crippen LogP contribution in [0.15, 0.2) is 30.3 Å². The molecule has 0 radical (unpaired) electrons. The molecule has 1 saturated heterocycles. The predicted octanol–water partition coefficient (Wildman–Crippen LogP) is 2.92. The van der Waals surface area contributed by atoms with Gasteiger partial charge in [0.15, 0.2) is 0 Å². The molecule has 0 saturated carbocycles. The topological polar surface area (TPSA) is 29.1 Å². The van der Waals surface area contributed by atoms with E-state index < -0.39 is 0 Å². The third kappa shape index (κ3) is 3.58. The van der Waals surface area contributed by atoms with Gasteiger partial charge in [-0.25, -0.2) is 0 Å². The summed E-state index contributed by atoms with van der Waals surface area (Å²) in [6.45, 7) is 4.51. The molecule has 1 unspecified atom stereocenters. The molecule has 1 amide bonds. The zero-order chi connectivity index (χ0) is 12.3. The molecule has 0 aliphatic carbocycles. The Morgan fingerprint density at radius 2 is 2.00 bits per heavy atom. The first-order valence-electron chi connectivity index (χ1n) is 6.38. The van der Waals surface area contributed by atoms with Gasteiger partial charge in [0.25, 0.3) is 0 Å². The molecule has 0 aromatic heterocycles. The molecular formula is C15H21NO. The Bertz CT molecular complexity index is 383. The van der Waals surface area contributed by atoms with E-state index in [4.69, 9.17) is 0 Å². The van der Waals surface area contributed by atoms with E-state index in [1.165, 1.54) is 5.56 Å². The number of benzene rings is 1. The van der Waals surface area contributed by atoms with Gasteiger partial charge in [-0.15, -0.1) is 0 Å². The Hall–Kier alpha value is -1.31. The molecule has 1 aromatic carbocycles. The molecule has 1 aromatic rings. The van der Waals surface area contributed by atoms with Crippen LogP contribution in [0.2, 0.25) is 0 Å². The Balaban J connectivity index is 2.06. The highest BCUT2D eigenvalue weighted by molar-refractivity contribution is 5.76. The first-order chi connectivity index (χ1) is 8.05. The molecule has 1 N–H and O–H groups in total. The Kier molecular flexibility index (Phi) is 3.51. The highest BCUT2D eigenvalue weighted by Crippen LogP contribution is 2.31. The van der Waals surface area contributed by atoms with Crippen LogP contribution < -0.4 is 5.32 Å². The third-order valence-electron chi connectivity index (χ3n) is 3.52. The summed E-state index contributed by atoms with van der Waals surface area (Å²) < 4.78 is 0. The Labute approximate surface area is 103 Å². The summed E-state index contributed by atoms with van der Waals surface area (Å²) in [5.74, 6) is 0.205. The van der Waals surface area contributed by atoms with E-state index in [9.17, 15) is 4.79 Å². The maximum absolute atomic E-state index is 11.7. The van der Waals surface area contributed by atoms with Crippen molar-refractivity contribution < 1.29 is 4.79 Å². The molecule has 2 heteroatoms. The van der Waals surface area contributed by atoms with E-state index >= 15 is 0 Å². The van der Waals surface area contributed by atoms with Gasteiger partial charge < -0.3 is 5.32 Å². The normalized spacial score (nSPS) is 23.9. The average molecular weight is 231 g/mol. The van der Waals surface area contributed by atoms with Crippen LogP contribution in [-0.2, 0) is 11.2 Å². The lowest BCUT2D eigenvalue weighted by atomic mass is 9.81. The van der Waals surface area contributed by atoms with E-state index in [1.807, 2.05) is 6.07 Å². The molecule has 1 aliphatic heterocycles. The van der Waals surface area contributed by atoms with Crippen molar-refractivity contribution in [2.45, 2.75) is 45.6 Å². The van der Waals surface area contributed by atoms with E-state index in [2.05, 4.69) is 43.4 Å². The molecule has 1 heterocycles. The van der Waals surface area contributed by atoms with Gasteiger partial charge >= 0.3 is 0 Å². The van der Waals surface area contributed by atoms with Crippen LogP contribution in [0.3, 0.4) is 0 Å². The molecule has 1 aliphatic rings. The highest BCUT2D eigenvalue weighted by Gasteiger charge is 2.28. The maximum atomic E-state index is 11.7. The van der Waals surface area contributed by atoms with Gasteiger partial charge in [0, 0.05) is 12.5 Å². The summed E-state index contributed by atoms with van der Waals surface area (Å²) in [5.41, 5.74) is 1.56. The number of amides is 1. The second-order valence-corrected chi connectivity index (χ2v) is 5.82. The minimum absolute atomic E-state index is 0.205. The number of carbonyl (C=O) groups excluding carboxylic acids is 1. The van der Waals surface area contributed by atoms with Crippen molar-refractivity contribution >= 4 is 5.91 Å². The summed E-state index contributed by atoms with van der Waals surface area (Å²) in [7, 11) is 0. The van der Waals surface area contributed by atoms with Gasteiger partial charge in [-0.2, -0.15) is 0 Å². The lowest BCUT2D eigenvalue weighted by Gasteiger charge is -2.26. The van der Waals surface area contributed by atoms with Crippen molar-refractivity contribution in [3.63, 3.8) is 0 Å². The molecule has 2 rings (SSSR count). The zero-order valence-electron chi connectivity index (χ0n) is 10.7. The molecule has 17 heavy (non-hydrogen) atoms. The van der Waals surface area contributed by atoms with Crippen LogP contribution in [-0.4, -0.2) is 11.9 Å². The van der Waals surface area contributed by atoms with Gasteiger partial charge in [0.1, 0.15) is 0 Å². The number of carbonyl (C=O) groups is 1. The van der Waals surface area contributed by atoms with Crippen LogP contribution >= 0.6 is 0 Å². The molecule has 2 nitrogen and oxygen atoms in total. The summed E-state index contributed by atoms with van der Waals surface area (Å²) in [6, 6.07) is 10.7. The van der Waals surface area contributed by atoms with Crippen molar-refractivity contribution in [1.29, 1.82) is 0 Å². The molecule has 92 valence electrons. The van der Waals surface area contributed by atoms with E-state index in [0.29, 0.717) is 6.42 Å². The van der Waals surface area contributed by atoms with Crippen LogP contribution in [0.5, 0.6) is 0 Å². The van der Waals surface area contributed by atoms with E-state index in [1.54, 1.807) is 0 Å². The Morgan fingerprint density at radius 3 is 2.71 bits per heavy atom. The summed E-state index contributed by atoms with van der Waals surface area (Å²) in [6.07, 6.45) is 3.66. The van der Waals surface area contributed by atoms with Crippen molar-refractivity contribution in [1.82, 2.24) is 5.32 Å². The van der Waals surface area contributed by atoms with Crippen LogP contribution in [0.4, 0.5) is 0 Å². The molecule has 0 bridgehead atoms. The molecular weight excluding hydrogens is 210 g/mol. The maximum Gasteiger partial charge on any atom is 0.220 e. The monoisotopic (exact) mass is 231 g/mol. The van der Waals surface area contributed by atoms with Gasteiger partial charge in [-0.1, -0.05) is 44.2 Å². The van der Waals surface area contributed by atoms with Crippen LogP contribution in [0.1, 0.15) is 38.7 Å².